The molecule has 0 saturated carbocycles. The van der Waals surface area contributed by atoms with Crippen LogP contribution in [0.4, 0.5) is 0 Å². The number of carboxylic acid groups (broad SMARTS) is 1. The number of nitrogens with zero attached hydrogens (tertiary/aromatic N) is 2. The highest BCUT2D eigenvalue weighted by Gasteiger charge is 2.08. The lowest BCUT2D eigenvalue weighted by Crippen LogP contribution is -1.97. The van der Waals surface area contributed by atoms with E-state index in [4.69, 9.17) is 5.11 Å². The maximum atomic E-state index is 10.9. The molecule has 88 valence electrons. The minimum absolute atomic E-state index is 0.273. The molecular weight excluding hydrogens is 228 g/mol. The number of fused-ring (bicyclic) bond motifs is 1. The summed E-state index contributed by atoms with van der Waals surface area (Å²) < 4.78 is 1.79. The first-order valence-electron chi connectivity index (χ1n) is 5.52. The maximum Gasteiger partial charge on any atom is 0.335 e. The summed E-state index contributed by atoms with van der Waals surface area (Å²) in [6.45, 7) is 0. The topological polar surface area (TPSA) is 55.1 Å². The summed E-state index contributed by atoms with van der Waals surface area (Å²) in [7, 11) is 0. The van der Waals surface area contributed by atoms with Gasteiger partial charge in [0.2, 0.25) is 0 Å². The van der Waals surface area contributed by atoms with Gasteiger partial charge in [-0.05, 0) is 30.3 Å². The lowest BCUT2D eigenvalue weighted by molar-refractivity contribution is 0.0697. The minimum Gasteiger partial charge on any atom is -0.478 e. The van der Waals surface area contributed by atoms with Crippen molar-refractivity contribution in [2.75, 3.05) is 0 Å². The summed E-state index contributed by atoms with van der Waals surface area (Å²) in [6.07, 6.45) is 1.68. The highest BCUT2D eigenvalue weighted by molar-refractivity contribution is 5.93. The fourth-order valence-electron chi connectivity index (χ4n) is 1.94. The van der Waals surface area contributed by atoms with Gasteiger partial charge in [-0.2, -0.15) is 5.10 Å². The average Bonchev–Trinajstić information content (AvgIpc) is 2.82. The minimum atomic E-state index is -0.927. The molecule has 0 atom stereocenters. The Hall–Kier alpha value is -2.62. The van der Waals surface area contributed by atoms with Crippen molar-refractivity contribution in [3.63, 3.8) is 0 Å². The third-order valence-electron chi connectivity index (χ3n) is 2.82. The summed E-state index contributed by atoms with van der Waals surface area (Å²) in [5.41, 5.74) is 2.12. The number of carboxylic acids is 1. The monoisotopic (exact) mass is 238 g/mol. The number of para-hydroxylation sites is 1. The summed E-state index contributed by atoms with van der Waals surface area (Å²) in [5.74, 6) is -0.927. The van der Waals surface area contributed by atoms with E-state index in [-0.39, 0.29) is 5.56 Å². The Kier molecular flexibility index (Phi) is 2.34. The van der Waals surface area contributed by atoms with Crippen LogP contribution in [-0.2, 0) is 0 Å². The van der Waals surface area contributed by atoms with Crippen molar-refractivity contribution in [1.29, 1.82) is 0 Å². The number of carbonyl (C=O) groups is 1. The largest absolute Gasteiger partial charge is 0.478 e. The molecule has 18 heavy (non-hydrogen) atoms. The molecule has 0 fully saturated rings. The molecule has 1 aromatic heterocycles. The Morgan fingerprint density at radius 1 is 1.11 bits per heavy atom. The van der Waals surface area contributed by atoms with E-state index in [0.29, 0.717) is 0 Å². The Balaban J connectivity index is 2.19. The third-order valence-corrected chi connectivity index (χ3v) is 2.82. The molecule has 0 bridgehead atoms. The van der Waals surface area contributed by atoms with Crippen molar-refractivity contribution in [3.8, 4) is 5.69 Å². The number of aromatic carboxylic acids is 1. The molecule has 0 saturated heterocycles. The van der Waals surface area contributed by atoms with Crippen LogP contribution in [0.1, 0.15) is 10.4 Å². The molecule has 0 unspecified atom stereocenters. The van der Waals surface area contributed by atoms with Crippen molar-refractivity contribution in [3.05, 3.63) is 60.3 Å². The van der Waals surface area contributed by atoms with Crippen LogP contribution >= 0.6 is 0 Å². The van der Waals surface area contributed by atoms with E-state index in [0.717, 1.165) is 16.6 Å². The molecule has 1 heterocycles. The number of hydrogen-bond donors (Lipinski definition) is 1. The molecule has 0 aliphatic heterocycles. The Morgan fingerprint density at radius 3 is 2.61 bits per heavy atom. The molecule has 0 spiro atoms. The number of aromatic nitrogens is 2. The molecule has 1 N–H and O–H groups in total. The van der Waals surface area contributed by atoms with Crippen molar-refractivity contribution in [1.82, 2.24) is 9.78 Å². The van der Waals surface area contributed by atoms with Gasteiger partial charge in [-0.3, -0.25) is 0 Å². The Labute approximate surface area is 103 Å². The first-order valence-corrected chi connectivity index (χ1v) is 5.52. The predicted octanol–water partition coefficient (Wildman–Crippen LogP) is 2.72. The van der Waals surface area contributed by atoms with Crippen molar-refractivity contribution < 1.29 is 9.90 Å². The second-order valence-electron chi connectivity index (χ2n) is 3.97. The number of benzene rings is 2. The molecule has 0 aliphatic rings. The van der Waals surface area contributed by atoms with Crippen molar-refractivity contribution in [2.45, 2.75) is 0 Å². The molecule has 2 aromatic carbocycles. The van der Waals surface area contributed by atoms with E-state index in [1.54, 1.807) is 29.1 Å². The van der Waals surface area contributed by atoms with Gasteiger partial charge in [-0.1, -0.05) is 18.2 Å². The Bertz CT molecular complexity index is 717. The second-order valence-corrected chi connectivity index (χ2v) is 3.97. The zero-order valence-corrected chi connectivity index (χ0v) is 9.45. The van der Waals surface area contributed by atoms with Crippen LogP contribution in [0, 0.1) is 0 Å². The van der Waals surface area contributed by atoms with E-state index < -0.39 is 5.97 Å². The summed E-state index contributed by atoms with van der Waals surface area (Å²) in [4.78, 5) is 10.9. The summed E-state index contributed by atoms with van der Waals surface area (Å²) in [6, 6.07) is 14.7. The lowest BCUT2D eigenvalue weighted by Gasteiger charge is -2.03. The highest BCUT2D eigenvalue weighted by atomic mass is 16.4. The van der Waals surface area contributed by atoms with Gasteiger partial charge in [0.25, 0.3) is 0 Å². The van der Waals surface area contributed by atoms with Crippen LogP contribution in [-0.4, -0.2) is 20.9 Å². The van der Waals surface area contributed by atoms with Gasteiger partial charge in [0.05, 0.1) is 23.0 Å². The average molecular weight is 238 g/mol. The third kappa shape index (κ3) is 1.64. The fourth-order valence-corrected chi connectivity index (χ4v) is 1.94. The zero-order chi connectivity index (χ0) is 12.5. The quantitative estimate of drug-likeness (QED) is 0.746. The maximum absolute atomic E-state index is 10.9. The van der Waals surface area contributed by atoms with Crippen molar-refractivity contribution in [2.24, 2.45) is 0 Å². The van der Waals surface area contributed by atoms with Crippen LogP contribution in [0.3, 0.4) is 0 Å². The second kappa shape index (κ2) is 4.00. The normalized spacial score (nSPS) is 10.7. The van der Waals surface area contributed by atoms with E-state index in [2.05, 4.69) is 5.10 Å². The molecule has 3 rings (SSSR count). The lowest BCUT2D eigenvalue weighted by atomic mass is 10.1. The van der Waals surface area contributed by atoms with Gasteiger partial charge in [0.15, 0.2) is 0 Å². The smallest absolute Gasteiger partial charge is 0.335 e. The van der Waals surface area contributed by atoms with Crippen LogP contribution in [0.25, 0.3) is 16.6 Å². The van der Waals surface area contributed by atoms with E-state index in [1.807, 2.05) is 30.3 Å². The van der Waals surface area contributed by atoms with Crippen molar-refractivity contribution >= 4 is 16.9 Å². The van der Waals surface area contributed by atoms with Gasteiger partial charge >= 0.3 is 5.97 Å². The summed E-state index contributed by atoms with van der Waals surface area (Å²) >= 11 is 0. The SMILES string of the molecule is O=C(O)c1ccc2c(cnn2-c2ccccc2)c1. The predicted molar refractivity (Wildman–Crippen MR) is 68.0 cm³/mol. The summed E-state index contributed by atoms with van der Waals surface area (Å²) in [5, 5.41) is 14.0. The molecule has 0 aliphatic carbocycles. The molecular formula is C14H10N2O2. The van der Waals surface area contributed by atoms with Crippen LogP contribution in [0.2, 0.25) is 0 Å². The zero-order valence-electron chi connectivity index (χ0n) is 9.45. The standard InChI is InChI=1S/C14H10N2O2/c17-14(18)10-6-7-13-11(8-10)9-15-16(13)12-4-2-1-3-5-12/h1-9H,(H,17,18). The van der Waals surface area contributed by atoms with E-state index in [1.165, 1.54) is 0 Å². The molecule has 3 aromatic rings. The molecule has 4 nitrogen and oxygen atoms in total. The fraction of sp³-hybridized carbons (Fsp3) is 0. The first kappa shape index (κ1) is 10.5. The van der Waals surface area contributed by atoms with Gasteiger partial charge in [0.1, 0.15) is 0 Å². The highest BCUT2D eigenvalue weighted by Crippen LogP contribution is 2.19. The first-order chi connectivity index (χ1) is 8.75. The van der Waals surface area contributed by atoms with E-state index >= 15 is 0 Å². The van der Waals surface area contributed by atoms with Crippen LogP contribution in [0.5, 0.6) is 0 Å². The molecule has 0 amide bonds. The Morgan fingerprint density at radius 2 is 1.89 bits per heavy atom. The van der Waals surface area contributed by atoms with Gasteiger partial charge in [-0.25, -0.2) is 9.48 Å². The van der Waals surface area contributed by atoms with Gasteiger partial charge < -0.3 is 5.11 Å². The molecule has 4 heteroatoms. The number of hydrogen-bond acceptors (Lipinski definition) is 2. The van der Waals surface area contributed by atoms with E-state index in [9.17, 15) is 4.79 Å². The van der Waals surface area contributed by atoms with Crippen LogP contribution < -0.4 is 0 Å². The molecule has 0 radical (unpaired) electrons. The van der Waals surface area contributed by atoms with Gasteiger partial charge in [-0.15, -0.1) is 0 Å². The van der Waals surface area contributed by atoms with Crippen LogP contribution in [0.15, 0.2) is 54.7 Å². The number of rotatable bonds is 2. The van der Waals surface area contributed by atoms with Gasteiger partial charge in [0, 0.05) is 5.39 Å².